The first-order chi connectivity index (χ1) is 15.5. The Balaban J connectivity index is 1.77. The number of benzene rings is 2. The van der Waals surface area contributed by atoms with Crippen LogP contribution in [0.2, 0.25) is 5.02 Å². The van der Waals surface area contributed by atoms with Crippen molar-refractivity contribution < 1.29 is 14.4 Å². The number of fused-ring (bicyclic) bond motifs is 1. The first-order valence-corrected chi connectivity index (χ1v) is 11.8. The largest absolute Gasteiger partial charge is 0.473 e. The fraction of sp³-hybridized carbons (Fsp3) is 0.462. The van der Waals surface area contributed by atoms with Crippen LogP contribution >= 0.6 is 11.6 Å². The number of hydrogen-bond donors (Lipinski definition) is 0. The fourth-order valence-corrected chi connectivity index (χ4v) is 5.51. The van der Waals surface area contributed by atoms with Crippen LogP contribution < -0.4 is 0 Å². The van der Waals surface area contributed by atoms with Gasteiger partial charge in [0.15, 0.2) is 6.29 Å². The van der Waals surface area contributed by atoms with E-state index in [4.69, 9.17) is 21.1 Å². The van der Waals surface area contributed by atoms with Crippen LogP contribution in [0.3, 0.4) is 0 Å². The molecule has 1 fully saturated rings. The van der Waals surface area contributed by atoms with Gasteiger partial charge in [-0.2, -0.15) is 0 Å². The van der Waals surface area contributed by atoms with Gasteiger partial charge in [-0.25, -0.2) is 0 Å². The molecule has 0 unspecified atom stereocenters. The minimum atomic E-state index is -0.794. The smallest absolute Gasteiger partial charge is 0.230 e. The first-order valence-electron chi connectivity index (χ1n) is 11.4. The zero-order chi connectivity index (χ0) is 22.7. The minimum Gasteiger partial charge on any atom is -0.473 e. The molecular formula is C26H30ClNO4. The molecule has 0 aromatic heterocycles. The van der Waals surface area contributed by atoms with Gasteiger partial charge in [-0.15, -0.1) is 0 Å². The van der Waals surface area contributed by atoms with Crippen molar-refractivity contribution in [3.05, 3.63) is 92.7 Å². The van der Waals surface area contributed by atoms with Crippen molar-refractivity contribution in [3.63, 3.8) is 0 Å². The van der Waals surface area contributed by atoms with Crippen LogP contribution in [-0.2, 0) is 9.47 Å². The molecule has 0 spiro atoms. The van der Waals surface area contributed by atoms with Gasteiger partial charge in [-0.3, -0.25) is 10.1 Å². The number of nitro groups is 1. The third-order valence-corrected chi connectivity index (χ3v) is 7.21. The molecule has 170 valence electrons. The molecule has 32 heavy (non-hydrogen) atoms. The van der Waals surface area contributed by atoms with E-state index in [2.05, 4.69) is 13.8 Å². The molecule has 2 aliphatic rings. The highest BCUT2D eigenvalue weighted by atomic mass is 35.5. The maximum atomic E-state index is 12.5. The number of rotatable bonds is 7. The fourth-order valence-electron chi connectivity index (χ4n) is 5.38. The summed E-state index contributed by atoms with van der Waals surface area (Å²) in [4.78, 5) is 12.4. The third-order valence-electron chi connectivity index (χ3n) is 6.96. The van der Waals surface area contributed by atoms with Gasteiger partial charge in [0.2, 0.25) is 6.04 Å². The molecular weight excluding hydrogens is 426 g/mol. The Morgan fingerprint density at radius 3 is 2.50 bits per heavy atom. The van der Waals surface area contributed by atoms with Crippen LogP contribution in [0.25, 0.3) is 0 Å². The normalized spacial score (nSPS) is 29.5. The van der Waals surface area contributed by atoms with Crippen LogP contribution in [0.15, 0.2) is 66.4 Å². The molecule has 4 rings (SSSR count). The van der Waals surface area contributed by atoms with E-state index in [-0.39, 0.29) is 34.9 Å². The summed E-state index contributed by atoms with van der Waals surface area (Å²) in [5, 5.41) is 13.2. The summed E-state index contributed by atoms with van der Waals surface area (Å²) < 4.78 is 11.9. The molecule has 1 aliphatic carbocycles. The van der Waals surface area contributed by atoms with Crippen LogP contribution in [0.1, 0.15) is 56.1 Å². The summed E-state index contributed by atoms with van der Waals surface area (Å²) in [6.45, 7) is 4.92. The number of hydrogen-bond acceptors (Lipinski definition) is 4. The zero-order valence-corrected chi connectivity index (χ0v) is 19.3. The SMILES string of the molecule is CCCCO[C@H]1C[C@@H]2C(=CO1)[C@@H](c1ccccc1)[C@H]([N+](=O)[O-])[C@H](c1ccc(Cl)cc1)[C@H]2C. The number of nitrogens with zero attached hydrogens (tertiary/aromatic N) is 1. The minimum absolute atomic E-state index is 0.0546. The highest BCUT2D eigenvalue weighted by Gasteiger charge is 2.54. The quantitative estimate of drug-likeness (QED) is 0.269. The van der Waals surface area contributed by atoms with E-state index in [1.807, 2.05) is 54.6 Å². The summed E-state index contributed by atoms with van der Waals surface area (Å²) in [5.74, 6) is -0.412. The lowest BCUT2D eigenvalue weighted by Gasteiger charge is -2.46. The summed E-state index contributed by atoms with van der Waals surface area (Å²) in [7, 11) is 0. The summed E-state index contributed by atoms with van der Waals surface area (Å²) in [5.41, 5.74) is 2.91. The van der Waals surface area contributed by atoms with E-state index in [1.165, 1.54) is 0 Å². The molecule has 0 amide bonds. The molecule has 0 bridgehead atoms. The Kier molecular flexibility index (Phi) is 7.17. The molecule has 2 aromatic carbocycles. The van der Waals surface area contributed by atoms with Crippen LogP contribution in [0.5, 0.6) is 0 Å². The lowest BCUT2D eigenvalue weighted by Crippen LogP contribution is -2.48. The predicted octanol–water partition coefficient (Wildman–Crippen LogP) is 6.57. The highest BCUT2D eigenvalue weighted by Crippen LogP contribution is 2.54. The van der Waals surface area contributed by atoms with Crippen LogP contribution in [-0.4, -0.2) is 23.9 Å². The molecule has 0 radical (unpaired) electrons. The molecule has 5 nitrogen and oxygen atoms in total. The van der Waals surface area contributed by atoms with Gasteiger partial charge in [0.25, 0.3) is 0 Å². The van der Waals surface area contributed by atoms with Crippen molar-refractivity contribution in [1.29, 1.82) is 0 Å². The van der Waals surface area contributed by atoms with E-state index < -0.39 is 6.04 Å². The van der Waals surface area contributed by atoms with Crippen LogP contribution in [0, 0.1) is 22.0 Å². The molecule has 1 heterocycles. The van der Waals surface area contributed by atoms with Gasteiger partial charge in [0.05, 0.1) is 24.7 Å². The topological polar surface area (TPSA) is 61.6 Å². The van der Waals surface area contributed by atoms with Gasteiger partial charge >= 0.3 is 0 Å². The zero-order valence-electron chi connectivity index (χ0n) is 18.5. The van der Waals surface area contributed by atoms with Crippen molar-refractivity contribution in [2.75, 3.05) is 6.61 Å². The van der Waals surface area contributed by atoms with Crippen molar-refractivity contribution >= 4 is 11.6 Å². The number of halogens is 1. The van der Waals surface area contributed by atoms with E-state index in [1.54, 1.807) is 6.26 Å². The van der Waals surface area contributed by atoms with Crippen molar-refractivity contribution in [1.82, 2.24) is 0 Å². The number of ether oxygens (including phenoxy) is 2. The Hall–Kier alpha value is -2.37. The monoisotopic (exact) mass is 455 g/mol. The van der Waals surface area contributed by atoms with E-state index >= 15 is 0 Å². The average Bonchev–Trinajstić information content (AvgIpc) is 2.80. The molecule has 6 atom stereocenters. The first kappa shape index (κ1) is 22.8. The Labute approximate surface area is 194 Å². The lowest BCUT2D eigenvalue weighted by molar-refractivity contribution is -0.534. The molecule has 0 N–H and O–H groups in total. The summed E-state index contributed by atoms with van der Waals surface area (Å²) in [6, 6.07) is 16.5. The second-order valence-electron chi connectivity index (χ2n) is 8.85. The number of unbranched alkanes of at least 4 members (excludes halogenated alkanes) is 1. The molecule has 2 aromatic rings. The molecule has 1 saturated carbocycles. The highest BCUT2D eigenvalue weighted by molar-refractivity contribution is 6.30. The third kappa shape index (κ3) is 4.55. The molecule has 1 aliphatic heterocycles. The molecule has 0 saturated heterocycles. The van der Waals surface area contributed by atoms with Gasteiger partial charge < -0.3 is 9.47 Å². The Bertz CT molecular complexity index is 946. The van der Waals surface area contributed by atoms with Gasteiger partial charge in [-0.1, -0.05) is 74.3 Å². The van der Waals surface area contributed by atoms with Crippen LogP contribution in [0.4, 0.5) is 0 Å². The lowest BCUT2D eigenvalue weighted by atomic mass is 9.58. The standard InChI is InChI=1S/C26H30ClNO4/c1-3-4-14-31-23-15-21-17(2)24(19-10-12-20(27)13-11-19)26(28(29)30)25(22(21)16-32-23)18-8-6-5-7-9-18/h5-13,16-17,21,23-26H,3-4,14-15H2,1-2H3/t17-,21-,23+,24-,25+,26+/m0/s1. The van der Waals surface area contributed by atoms with Gasteiger partial charge in [0.1, 0.15) is 0 Å². The Morgan fingerprint density at radius 2 is 1.84 bits per heavy atom. The van der Waals surface area contributed by atoms with Crippen molar-refractivity contribution in [2.24, 2.45) is 11.8 Å². The van der Waals surface area contributed by atoms with Crippen molar-refractivity contribution in [3.8, 4) is 0 Å². The van der Waals surface area contributed by atoms with E-state index in [0.29, 0.717) is 18.1 Å². The molecule has 6 heteroatoms. The average molecular weight is 456 g/mol. The van der Waals surface area contributed by atoms with Gasteiger partial charge in [-0.05, 0) is 47.1 Å². The van der Waals surface area contributed by atoms with Crippen molar-refractivity contribution in [2.45, 2.75) is 57.3 Å². The predicted molar refractivity (Wildman–Crippen MR) is 125 cm³/mol. The second kappa shape index (κ2) is 10.1. The summed E-state index contributed by atoms with van der Waals surface area (Å²) >= 11 is 6.12. The second-order valence-corrected chi connectivity index (χ2v) is 9.29. The van der Waals surface area contributed by atoms with E-state index in [0.717, 1.165) is 29.5 Å². The maximum absolute atomic E-state index is 12.5. The van der Waals surface area contributed by atoms with E-state index in [9.17, 15) is 10.1 Å². The Morgan fingerprint density at radius 1 is 1.12 bits per heavy atom. The summed E-state index contributed by atoms with van der Waals surface area (Å²) in [6.07, 6.45) is 4.20. The maximum Gasteiger partial charge on any atom is 0.230 e. The van der Waals surface area contributed by atoms with Gasteiger partial charge in [0, 0.05) is 16.4 Å².